The van der Waals surface area contributed by atoms with Gasteiger partial charge in [-0.15, -0.1) is 0 Å². The van der Waals surface area contributed by atoms with Crippen LogP contribution in [0, 0.1) is 0 Å². The lowest BCUT2D eigenvalue weighted by Gasteiger charge is -2.14. The van der Waals surface area contributed by atoms with E-state index < -0.39 is 0 Å². The van der Waals surface area contributed by atoms with Crippen LogP contribution in [-0.4, -0.2) is 16.5 Å². The van der Waals surface area contributed by atoms with Gasteiger partial charge in [0.2, 0.25) is 0 Å². The van der Waals surface area contributed by atoms with Crippen molar-refractivity contribution in [2.24, 2.45) is 0 Å². The third-order valence-electron chi connectivity index (χ3n) is 2.92. The van der Waals surface area contributed by atoms with Crippen LogP contribution in [-0.2, 0) is 6.42 Å². The Kier molecular flexibility index (Phi) is 4.91. The van der Waals surface area contributed by atoms with E-state index in [2.05, 4.69) is 51.1 Å². The van der Waals surface area contributed by atoms with Crippen molar-refractivity contribution in [3.05, 3.63) is 40.6 Å². The van der Waals surface area contributed by atoms with Gasteiger partial charge < -0.3 is 5.32 Å². The molecule has 3 nitrogen and oxygen atoms in total. The molecule has 4 heteroatoms. The largest absolute Gasteiger partial charge is 0.370 e. The number of nitrogens with one attached hydrogen (secondary N) is 1. The molecule has 0 saturated carbocycles. The molecule has 0 bridgehead atoms. The minimum atomic E-state index is 0.864. The minimum absolute atomic E-state index is 0.864. The summed E-state index contributed by atoms with van der Waals surface area (Å²) in [6, 6.07) is 8.17. The van der Waals surface area contributed by atoms with Gasteiger partial charge in [-0.05, 0) is 19.4 Å². The van der Waals surface area contributed by atoms with Gasteiger partial charge in [0.05, 0.1) is 5.69 Å². The molecule has 0 unspecified atom stereocenters. The van der Waals surface area contributed by atoms with Gasteiger partial charge in [-0.3, -0.25) is 0 Å². The first-order valence-corrected chi connectivity index (χ1v) is 7.39. The molecule has 0 aliphatic heterocycles. The number of hydrogen-bond donors (Lipinski definition) is 1. The van der Waals surface area contributed by atoms with Crippen LogP contribution in [0.15, 0.2) is 35.1 Å². The topological polar surface area (TPSA) is 37.8 Å². The fraction of sp³-hybridized carbons (Fsp3) is 0.333. The molecular formula is C15H18BrN3. The Morgan fingerprint density at radius 1 is 1.16 bits per heavy atom. The molecular weight excluding hydrogens is 302 g/mol. The van der Waals surface area contributed by atoms with E-state index in [0.29, 0.717) is 0 Å². The lowest BCUT2D eigenvalue weighted by atomic mass is 10.0. The summed E-state index contributed by atoms with van der Waals surface area (Å²) in [7, 11) is 0. The van der Waals surface area contributed by atoms with Crippen molar-refractivity contribution < 1.29 is 0 Å². The van der Waals surface area contributed by atoms with Crippen molar-refractivity contribution in [3.8, 4) is 11.3 Å². The maximum Gasteiger partial charge on any atom is 0.133 e. The molecule has 0 fully saturated rings. The van der Waals surface area contributed by atoms with Crippen molar-refractivity contribution >= 4 is 21.7 Å². The van der Waals surface area contributed by atoms with E-state index in [1.165, 1.54) is 5.56 Å². The van der Waals surface area contributed by atoms with Crippen molar-refractivity contribution in [3.63, 3.8) is 0 Å². The zero-order valence-electron chi connectivity index (χ0n) is 11.3. The Morgan fingerprint density at radius 3 is 2.63 bits per heavy atom. The summed E-state index contributed by atoms with van der Waals surface area (Å²) >= 11 is 3.60. The Hall–Kier alpha value is -1.42. The molecule has 1 aromatic carbocycles. The van der Waals surface area contributed by atoms with Crippen LogP contribution >= 0.6 is 15.9 Å². The van der Waals surface area contributed by atoms with Gasteiger partial charge in [-0.1, -0.05) is 47.5 Å². The van der Waals surface area contributed by atoms with Crippen molar-refractivity contribution in [1.29, 1.82) is 0 Å². The second-order valence-electron chi connectivity index (χ2n) is 4.31. The third kappa shape index (κ3) is 3.13. The molecule has 2 rings (SSSR count). The van der Waals surface area contributed by atoms with Gasteiger partial charge in [0.1, 0.15) is 12.1 Å². The van der Waals surface area contributed by atoms with Gasteiger partial charge in [0.15, 0.2) is 0 Å². The highest BCUT2D eigenvalue weighted by molar-refractivity contribution is 9.10. The molecule has 0 atom stereocenters. The summed E-state index contributed by atoms with van der Waals surface area (Å²) in [5.41, 5.74) is 3.33. The second kappa shape index (κ2) is 6.66. The summed E-state index contributed by atoms with van der Waals surface area (Å²) in [5, 5.41) is 3.32. The van der Waals surface area contributed by atoms with Crippen LogP contribution < -0.4 is 5.32 Å². The summed E-state index contributed by atoms with van der Waals surface area (Å²) < 4.78 is 1.06. The molecule has 0 spiro atoms. The zero-order chi connectivity index (χ0) is 13.7. The van der Waals surface area contributed by atoms with Crippen molar-refractivity contribution in [2.75, 3.05) is 11.9 Å². The van der Waals surface area contributed by atoms with Gasteiger partial charge in [0.25, 0.3) is 0 Å². The van der Waals surface area contributed by atoms with Gasteiger partial charge in [-0.25, -0.2) is 9.97 Å². The van der Waals surface area contributed by atoms with E-state index in [0.717, 1.165) is 40.9 Å². The Balaban J connectivity index is 2.56. The second-order valence-corrected chi connectivity index (χ2v) is 5.16. The van der Waals surface area contributed by atoms with Gasteiger partial charge in [-0.2, -0.15) is 0 Å². The predicted molar refractivity (Wildman–Crippen MR) is 83.3 cm³/mol. The zero-order valence-corrected chi connectivity index (χ0v) is 12.9. The van der Waals surface area contributed by atoms with Crippen LogP contribution in [0.1, 0.15) is 25.8 Å². The maximum atomic E-state index is 4.49. The average molecular weight is 320 g/mol. The lowest BCUT2D eigenvalue weighted by Crippen LogP contribution is -2.06. The van der Waals surface area contributed by atoms with Gasteiger partial charge in [0, 0.05) is 22.1 Å². The molecule has 19 heavy (non-hydrogen) atoms. The van der Waals surface area contributed by atoms with Crippen LogP contribution in [0.4, 0.5) is 5.82 Å². The normalized spacial score (nSPS) is 10.5. The Morgan fingerprint density at radius 2 is 1.95 bits per heavy atom. The fourth-order valence-corrected chi connectivity index (χ4v) is 2.58. The average Bonchev–Trinajstić information content (AvgIpc) is 2.42. The van der Waals surface area contributed by atoms with Crippen LogP contribution in [0.5, 0.6) is 0 Å². The van der Waals surface area contributed by atoms with E-state index >= 15 is 0 Å². The van der Waals surface area contributed by atoms with E-state index in [4.69, 9.17) is 0 Å². The number of aromatic nitrogens is 2. The van der Waals surface area contributed by atoms with Crippen molar-refractivity contribution in [1.82, 2.24) is 9.97 Å². The number of halogens is 1. The summed E-state index contributed by atoms with van der Waals surface area (Å²) in [6.45, 7) is 5.12. The third-order valence-corrected chi connectivity index (χ3v) is 3.61. The Labute approximate surface area is 122 Å². The molecule has 0 aliphatic carbocycles. The summed E-state index contributed by atoms with van der Waals surface area (Å²) in [5.74, 6) is 0.949. The van der Waals surface area contributed by atoms with E-state index in [-0.39, 0.29) is 0 Å². The van der Waals surface area contributed by atoms with Crippen LogP contribution in [0.2, 0.25) is 0 Å². The first-order chi connectivity index (χ1) is 9.27. The predicted octanol–water partition coefficient (Wildman–Crippen LogP) is 4.29. The first kappa shape index (κ1) is 14.0. The number of anilines is 1. The Bertz CT molecular complexity index is 555. The highest BCUT2D eigenvalue weighted by Crippen LogP contribution is 2.31. The van der Waals surface area contributed by atoms with Crippen LogP contribution in [0.3, 0.4) is 0 Å². The molecule has 2 aromatic rings. The summed E-state index contributed by atoms with van der Waals surface area (Å²) in [4.78, 5) is 8.86. The number of benzene rings is 1. The highest BCUT2D eigenvalue weighted by atomic mass is 79.9. The molecule has 0 saturated heterocycles. The molecule has 100 valence electrons. The molecule has 1 heterocycles. The maximum absolute atomic E-state index is 4.49. The first-order valence-electron chi connectivity index (χ1n) is 6.60. The highest BCUT2D eigenvalue weighted by Gasteiger charge is 2.13. The molecule has 0 aliphatic rings. The van der Waals surface area contributed by atoms with Crippen molar-refractivity contribution in [2.45, 2.75) is 26.7 Å². The SMILES string of the molecule is CCCc1c(NCC)ncnc1-c1ccccc1Br. The minimum Gasteiger partial charge on any atom is -0.370 e. The lowest BCUT2D eigenvalue weighted by molar-refractivity contribution is 0.902. The molecule has 0 amide bonds. The van der Waals surface area contributed by atoms with Gasteiger partial charge >= 0.3 is 0 Å². The number of hydrogen-bond acceptors (Lipinski definition) is 3. The van der Waals surface area contributed by atoms with Crippen LogP contribution in [0.25, 0.3) is 11.3 Å². The standard InChI is InChI=1S/C15H18BrN3/c1-3-7-12-14(11-8-5-6-9-13(11)16)18-10-19-15(12)17-4-2/h5-6,8-10H,3-4,7H2,1-2H3,(H,17,18,19). The van der Waals surface area contributed by atoms with E-state index in [9.17, 15) is 0 Å². The van der Waals surface area contributed by atoms with E-state index in [1.54, 1.807) is 6.33 Å². The van der Waals surface area contributed by atoms with E-state index in [1.807, 2.05) is 18.2 Å². The molecule has 1 aromatic heterocycles. The number of rotatable bonds is 5. The molecule has 0 radical (unpaired) electrons. The molecule has 1 N–H and O–H groups in total. The fourth-order valence-electron chi connectivity index (χ4n) is 2.10. The monoisotopic (exact) mass is 319 g/mol. The quantitative estimate of drug-likeness (QED) is 0.893. The number of nitrogens with zero attached hydrogens (tertiary/aromatic N) is 2. The smallest absolute Gasteiger partial charge is 0.133 e. The summed E-state index contributed by atoms with van der Waals surface area (Å²) in [6.07, 6.45) is 3.68.